The van der Waals surface area contributed by atoms with Crippen LogP contribution in [0.1, 0.15) is 6.85 Å². The van der Waals surface area contributed by atoms with Gasteiger partial charge in [0, 0.05) is 53.3 Å². The van der Waals surface area contributed by atoms with E-state index < -0.39 is 18.1 Å². The minimum Gasteiger partial charge on any atom is -0.309 e. The summed E-state index contributed by atoms with van der Waals surface area (Å²) in [5.41, 5.74) is 6.57. The fraction of sp³-hybridized carbons (Fsp3) is 0. The number of para-hydroxylation sites is 2. The van der Waals surface area contributed by atoms with E-state index in [1.165, 1.54) is 0 Å². The Morgan fingerprint density at radius 1 is 0.414 bits per heavy atom. The largest absolute Gasteiger partial charge is 0.309 e. The van der Waals surface area contributed by atoms with Crippen molar-refractivity contribution < 1.29 is 6.85 Å². The maximum Gasteiger partial charge on any atom is 0.165 e. The van der Waals surface area contributed by atoms with Gasteiger partial charge < -0.3 is 4.57 Å². The fourth-order valence-electron chi connectivity index (χ4n) is 8.42. The Balaban J connectivity index is 1.18. The molecule has 270 valence electrons. The van der Waals surface area contributed by atoms with Crippen LogP contribution in [-0.4, -0.2) is 19.5 Å². The van der Waals surface area contributed by atoms with Gasteiger partial charge in [-0.15, -0.1) is 11.3 Å². The molecule has 9 aromatic carbocycles. The van der Waals surface area contributed by atoms with Gasteiger partial charge in [0.05, 0.1) is 17.9 Å². The van der Waals surface area contributed by atoms with Gasteiger partial charge >= 0.3 is 0 Å². The zero-order chi connectivity index (χ0) is 42.5. The number of thiophene rings is 1. The second kappa shape index (κ2) is 13.1. The molecule has 0 aliphatic rings. The molecule has 0 N–H and O–H groups in total. The smallest absolute Gasteiger partial charge is 0.165 e. The van der Waals surface area contributed by atoms with Crippen molar-refractivity contribution in [2.24, 2.45) is 0 Å². The molecule has 0 atom stereocenters. The summed E-state index contributed by atoms with van der Waals surface area (Å²) in [6.45, 7) is 0. The van der Waals surface area contributed by atoms with E-state index in [0.29, 0.717) is 17.2 Å². The first-order valence-corrected chi connectivity index (χ1v) is 19.9. The monoisotopic (exact) mass is 761 g/mol. The lowest BCUT2D eigenvalue weighted by molar-refractivity contribution is 1.08. The molecule has 0 amide bonds. The maximum atomic E-state index is 9.01. The van der Waals surface area contributed by atoms with Crippen molar-refractivity contribution in [2.45, 2.75) is 0 Å². The van der Waals surface area contributed by atoms with Crippen LogP contribution in [0.15, 0.2) is 194 Å². The third-order valence-electron chi connectivity index (χ3n) is 11.1. The molecule has 12 rings (SSSR count). The number of nitrogens with zero attached hydrogens (tertiary/aromatic N) is 4. The number of fused-ring (bicyclic) bond motifs is 9. The van der Waals surface area contributed by atoms with Crippen LogP contribution in [-0.2, 0) is 0 Å². The predicted octanol–water partition coefficient (Wildman–Crippen LogP) is 14.3. The van der Waals surface area contributed by atoms with E-state index in [9.17, 15) is 0 Å². The van der Waals surface area contributed by atoms with E-state index in [-0.39, 0.29) is 23.5 Å². The van der Waals surface area contributed by atoms with E-state index >= 15 is 0 Å². The van der Waals surface area contributed by atoms with Crippen LogP contribution in [0.2, 0.25) is 0 Å². The van der Waals surface area contributed by atoms with Crippen molar-refractivity contribution in [1.82, 2.24) is 19.5 Å². The average molecular weight is 762 g/mol. The lowest BCUT2D eigenvalue weighted by Crippen LogP contribution is -2.01. The van der Waals surface area contributed by atoms with E-state index in [1.54, 1.807) is 11.3 Å². The van der Waals surface area contributed by atoms with E-state index in [4.69, 9.17) is 21.8 Å². The fourth-order valence-corrected chi connectivity index (χ4v) is 9.59. The Hall–Kier alpha value is -7.47. The normalized spacial score (nSPS) is 13.0. The van der Waals surface area contributed by atoms with Crippen molar-refractivity contribution in [3.05, 3.63) is 194 Å². The molecular weight excluding hydrogens is 725 g/mol. The van der Waals surface area contributed by atoms with Gasteiger partial charge in [-0.3, -0.25) is 0 Å². The predicted molar refractivity (Wildman–Crippen MR) is 244 cm³/mol. The second-order valence-corrected chi connectivity index (χ2v) is 15.5. The summed E-state index contributed by atoms with van der Waals surface area (Å²) in [5, 5.41) is 8.70. The summed E-state index contributed by atoms with van der Waals surface area (Å²) in [5.74, 6) is 0.635. The van der Waals surface area contributed by atoms with Crippen molar-refractivity contribution in [1.29, 1.82) is 0 Å². The summed E-state index contributed by atoms with van der Waals surface area (Å²) in [7, 11) is 0. The molecule has 3 heterocycles. The zero-order valence-corrected chi connectivity index (χ0v) is 31.6. The van der Waals surface area contributed by atoms with Gasteiger partial charge in [-0.05, 0) is 75.1 Å². The van der Waals surface area contributed by atoms with Gasteiger partial charge in [0.1, 0.15) is 0 Å². The van der Waals surface area contributed by atoms with E-state index in [2.05, 4.69) is 126 Å². The van der Waals surface area contributed by atoms with Crippen LogP contribution in [0.5, 0.6) is 0 Å². The summed E-state index contributed by atoms with van der Waals surface area (Å²) >= 11 is 1.65. The second-order valence-electron chi connectivity index (χ2n) is 14.4. The lowest BCUT2D eigenvalue weighted by Gasteiger charge is -2.13. The first-order valence-electron chi connectivity index (χ1n) is 21.6. The first-order chi connectivity index (χ1) is 30.8. The highest BCUT2D eigenvalue weighted by molar-refractivity contribution is 7.26. The van der Waals surface area contributed by atoms with Crippen LogP contribution >= 0.6 is 11.3 Å². The molecule has 0 saturated heterocycles. The minimum absolute atomic E-state index is 0.00602. The molecule has 0 saturated carbocycles. The third kappa shape index (κ3) is 5.25. The molecule has 4 nitrogen and oxygen atoms in total. The van der Waals surface area contributed by atoms with Crippen LogP contribution in [0.4, 0.5) is 0 Å². The standard InChI is InChI=1S/C53H32N4S/c1-3-13-33(14-4-1)36-26-28-49-44(30-36)45-31-39(57-47-21-11-9-19-42(47)43-20-10-12-22-48(43)57)32-46(50(45)58-49)53-55-51(35-16-5-2-6-17-35)54-52(56-53)38-25-27-41-37(29-38)24-23-34-15-7-8-18-40(34)41/h1-32H/i2D,5D,6D,16D,17D. The van der Waals surface area contributed by atoms with E-state index in [0.717, 1.165) is 85.9 Å². The molecule has 0 radical (unpaired) electrons. The Morgan fingerprint density at radius 2 is 1.05 bits per heavy atom. The molecule has 12 aromatic rings. The quantitative estimate of drug-likeness (QED) is 0.164. The Bertz CT molecular complexity index is 3800. The van der Waals surface area contributed by atoms with E-state index in [1.807, 2.05) is 42.5 Å². The summed E-state index contributed by atoms with van der Waals surface area (Å²) in [6, 6.07) is 54.5. The summed E-state index contributed by atoms with van der Waals surface area (Å²) < 4.78 is 47.9. The Labute approximate surface area is 345 Å². The van der Waals surface area contributed by atoms with Crippen molar-refractivity contribution in [3.8, 4) is 51.0 Å². The number of hydrogen-bond donors (Lipinski definition) is 0. The lowest BCUT2D eigenvalue weighted by atomic mass is 10.00. The highest BCUT2D eigenvalue weighted by Crippen LogP contribution is 2.44. The number of aromatic nitrogens is 4. The highest BCUT2D eigenvalue weighted by atomic mass is 32.1. The van der Waals surface area contributed by atoms with Gasteiger partial charge in [-0.2, -0.15) is 0 Å². The average Bonchev–Trinajstić information content (AvgIpc) is 3.88. The zero-order valence-electron chi connectivity index (χ0n) is 35.8. The van der Waals surface area contributed by atoms with Gasteiger partial charge in [0.25, 0.3) is 0 Å². The third-order valence-corrected chi connectivity index (χ3v) is 12.3. The topological polar surface area (TPSA) is 43.6 Å². The molecule has 0 fully saturated rings. The van der Waals surface area contributed by atoms with Crippen LogP contribution < -0.4 is 0 Å². The maximum absolute atomic E-state index is 9.01. The van der Waals surface area contributed by atoms with Gasteiger partial charge in [-0.25, -0.2) is 15.0 Å². The Morgan fingerprint density at radius 3 is 1.84 bits per heavy atom. The van der Waals surface area contributed by atoms with Gasteiger partial charge in [0.2, 0.25) is 0 Å². The van der Waals surface area contributed by atoms with Crippen LogP contribution in [0.3, 0.4) is 0 Å². The van der Waals surface area contributed by atoms with Crippen molar-refractivity contribution in [3.63, 3.8) is 0 Å². The van der Waals surface area contributed by atoms with Crippen LogP contribution in [0.25, 0.3) is 115 Å². The van der Waals surface area contributed by atoms with Crippen molar-refractivity contribution >= 4 is 74.9 Å². The summed E-state index contributed by atoms with van der Waals surface area (Å²) in [4.78, 5) is 15.3. The molecule has 0 spiro atoms. The molecule has 3 aromatic heterocycles. The molecular formula is C53H32N4S. The Kier molecular flexibility index (Phi) is 6.30. The molecule has 0 bridgehead atoms. The van der Waals surface area contributed by atoms with Crippen LogP contribution in [0, 0.1) is 0 Å². The first kappa shape index (κ1) is 28.0. The molecule has 5 heteroatoms. The number of rotatable bonds is 5. The minimum atomic E-state index is -0.481. The summed E-state index contributed by atoms with van der Waals surface area (Å²) in [6.07, 6.45) is 0. The van der Waals surface area contributed by atoms with Gasteiger partial charge in [0.15, 0.2) is 17.5 Å². The van der Waals surface area contributed by atoms with Gasteiger partial charge in [-0.1, -0.05) is 152 Å². The molecule has 0 aliphatic heterocycles. The highest BCUT2D eigenvalue weighted by Gasteiger charge is 2.21. The SMILES string of the molecule is [2H]c1c([2H])c([2H])c(-c2nc(-c3ccc4c(ccc5ccccc54)c3)nc(-c3cc(-n4c5ccccc5c5ccccc54)cc4c3sc3ccc(-c5ccccc5)cc34)n2)c([2H])c1[2H]. The molecule has 58 heavy (non-hydrogen) atoms. The number of benzene rings is 9. The molecule has 0 aliphatic carbocycles. The molecule has 0 unspecified atom stereocenters. The van der Waals surface area contributed by atoms with Crippen molar-refractivity contribution in [2.75, 3.05) is 0 Å². The number of hydrogen-bond acceptors (Lipinski definition) is 4.